The van der Waals surface area contributed by atoms with E-state index in [0.29, 0.717) is 23.0 Å². The van der Waals surface area contributed by atoms with Crippen LogP contribution >= 0.6 is 22.9 Å². The van der Waals surface area contributed by atoms with E-state index in [1.807, 2.05) is 13.0 Å². The van der Waals surface area contributed by atoms with E-state index in [1.54, 1.807) is 0 Å². The number of rotatable bonds is 4. The summed E-state index contributed by atoms with van der Waals surface area (Å²) in [5, 5.41) is 21.6. The Kier molecular flexibility index (Phi) is 4.14. The van der Waals surface area contributed by atoms with Crippen LogP contribution in [0.3, 0.4) is 0 Å². The topological polar surface area (TPSA) is 68.9 Å². The highest BCUT2D eigenvalue weighted by molar-refractivity contribution is 7.16. The molecule has 1 aromatic heterocycles. The van der Waals surface area contributed by atoms with Crippen molar-refractivity contribution in [1.29, 1.82) is 5.26 Å². The largest absolute Gasteiger partial charge is 0.391 e. The third kappa shape index (κ3) is 2.84. The molecule has 1 heterocycles. The van der Waals surface area contributed by atoms with Gasteiger partial charge in [0, 0.05) is 6.54 Å². The van der Waals surface area contributed by atoms with Crippen LogP contribution < -0.4 is 5.32 Å². The molecule has 0 amide bonds. The van der Waals surface area contributed by atoms with Crippen molar-refractivity contribution in [3.05, 3.63) is 10.0 Å². The molecular formula is C8H10ClN3OS. The van der Waals surface area contributed by atoms with E-state index in [2.05, 4.69) is 10.3 Å². The van der Waals surface area contributed by atoms with Gasteiger partial charge >= 0.3 is 0 Å². The van der Waals surface area contributed by atoms with E-state index in [-0.39, 0.29) is 5.15 Å². The van der Waals surface area contributed by atoms with Gasteiger partial charge in [-0.05, 0) is 6.42 Å². The second-order valence-electron chi connectivity index (χ2n) is 2.69. The van der Waals surface area contributed by atoms with Gasteiger partial charge in [0.25, 0.3) is 0 Å². The summed E-state index contributed by atoms with van der Waals surface area (Å²) in [5.41, 5.74) is 0. The molecule has 1 aromatic rings. The molecule has 0 saturated carbocycles. The molecule has 0 aliphatic heterocycles. The number of anilines is 1. The number of halogens is 1. The van der Waals surface area contributed by atoms with Gasteiger partial charge in [-0.2, -0.15) is 5.26 Å². The number of aliphatic hydroxyl groups excluding tert-OH is 1. The number of aliphatic hydroxyl groups is 1. The molecule has 0 aliphatic carbocycles. The SMILES string of the molecule is CC[C@H](O)CNc1nc(Cl)c(C#N)s1. The average molecular weight is 232 g/mol. The summed E-state index contributed by atoms with van der Waals surface area (Å²) in [6.45, 7) is 2.31. The molecule has 0 saturated heterocycles. The van der Waals surface area contributed by atoms with Crippen molar-refractivity contribution in [2.24, 2.45) is 0 Å². The third-order valence-electron chi connectivity index (χ3n) is 1.65. The highest BCUT2D eigenvalue weighted by Gasteiger charge is 2.09. The van der Waals surface area contributed by atoms with Crippen LogP contribution in [0, 0.1) is 11.3 Å². The zero-order chi connectivity index (χ0) is 10.6. The van der Waals surface area contributed by atoms with Crippen LogP contribution in [0.15, 0.2) is 0 Å². The Bertz CT molecular complexity index is 347. The van der Waals surface area contributed by atoms with Gasteiger partial charge in [-0.25, -0.2) is 4.98 Å². The molecule has 0 spiro atoms. The normalized spacial score (nSPS) is 12.1. The summed E-state index contributed by atoms with van der Waals surface area (Å²) >= 11 is 6.85. The first-order valence-electron chi connectivity index (χ1n) is 4.15. The lowest BCUT2D eigenvalue weighted by Crippen LogP contribution is -2.17. The number of hydrogen-bond acceptors (Lipinski definition) is 5. The van der Waals surface area contributed by atoms with Crippen molar-refractivity contribution in [3.8, 4) is 6.07 Å². The number of nitrogens with zero attached hydrogens (tertiary/aromatic N) is 2. The van der Waals surface area contributed by atoms with Crippen LogP contribution in [-0.4, -0.2) is 22.7 Å². The fraction of sp³-hybridized carbons (Fsp3) is 0.500. The third-order valence-corrected chi connectivity index (χ3v) is 2.95. The van der Waals surface area contributed by atoms with E-state index in [1.165, 1.54) is 11.3 Å². The highest BCUT2D eigenvalue weighted by Crippen LogP contribution is 2.25. The van der Waals surface area contributed by atoms with Gasteiger partial charge in [-0.1, -0.05) is 29.9 Å². The van der Waals surface area contributed by atoms with Crippen LogP contribution in [0.5, 0.6) is 0 Å². The minimum absolute atomic E-state index is 0.214. The van der Waals surface area contributed by atoms with Crippen molar-refractivity contribution in [2.75, 3.05) is 11.9 Å². The Morgan fingerprint density at radius 3 is 3.00 bits per heavy atom. The van der Waals surface area contributed by atoms with Crippen LogP contribution in [0.25, 0.3) is 0 Å². The Morgan fingerprint density at radius 1 is 1.79 bits per heavy atom. The van der Waals surface area contributed by atoms with E-state index in [0.717, 1.165) is 0 Å². The number of nitrogens with one attached hydrogen (secondary N) is 1. The molecule has 1 rings (SSSR count). The van der Waals surface area contributed by atoms with Gasteiger partial charge in [0.05, 0.1) is 6.10 Å². The van der Waals surface area contributed by atoms with Crippen LogP contribution in [0.2, 0.25) is 5.15 Å². The maximum atomic E-state index is 9.27. The lowest BCUT2D eigenvalue weighted by molar-refractivity contribution is 0.183. The first-order valence-corrected chi connectivity index (χ1v) is 5.35. The van der Waals surface area contributed by atoms with Gasteiger partial charge in [0.2, 0.25) is 0 Å². The molecule has 0 fully saturated rings. The Labute approximate surface area is 91.2 Å². The maximum Gasteiger partial charge on any atom is 0.185 e. The quantitative estimate of drug-likeness (QED) is 0.830. The van der Waals surface area contributed by atoms with Gasteiger partial charge in [0.15, 0.2) is 10.3 Å². The second-order valence-corrected chi connectivity index (χ2v) is 4.05. The van der Waals surface area contributed by atoms with E-state index < -0.39 is 6.10 Å². The smallest absolute Gasteiger partial charge is 0.185 e. The summed E-state index contributed by atoms with van der Waals surface area (Å²) in [4.78, 5) is 4.32. The van der Waals surface area contributed by atoms with Gasteiger partial charge in [-0.15, -0.1) is 0 Å². The standard InChI is InChI=1S/C8H10ClN3OS/c1-2-5(13)4-11-8-12-7(9)6(3-10)14-8/h5,13H,2,4H2,1H3,(H,11,12)/t5-/m0/s1. The summed E-state index contributed by atoms with van der Waals surface area (Å²) in [6, 6.07) is 1.94. The number of thiazole rings is 1. The Hall–Kier alpha value is -0.830. The monoisotopic (exact) mass is 231 g/mol. The molecule has 1 atom stereocenters. The van der Waals surface area contributed by atoms with E-state index in [9.17, 15) is 5.11 Å². The number of aromatic nitrogens is 1. The molecule has 0 radical (unpaired) electrons. The fourth-order valence-corrected chi connectivity index (χ4v) is 1.75. The van der Waals surface area contributed by atoms with Gasteiger partial charge in [-0.3, -0.25) is 0 Å². The zero-order valence-electron chi connectivity index (χ0n) is 7.62. The van der Waals surface area contributed by atoms with E-state index in [4.69, 9.17) is 16.9 Å². The lowest BCUT2D eigenvalue weighted by Gasteiger charge is -2.06. The zero-order valence-corrected chi connectivity index (χ0v) is 9.19. The molecule has 6 heteroatoms. The lowest BCUT2D eigenvalue weighted by atomic mass is 10.3. The van der Waals surface area contributed by atoms with Gasteiger partial charge < -0.3 is 10.4 Å². The van der Waals surface area contributed by atoms with Crippen molar-refractivity contribution in [1.82, 2.24) is 4.98 Å². The molecule has 0 aromatic carbocycles. The average Bonchev–Trinajstić information content (AvgIpc) is 2.55. The van der Waals surface area contributed by atoms with Gasteiger partial charge in [0.1, 0.15) is 10.9 Å². The molecule has 0 bridgehead atoms. The molecule has 0 unspecified atom stereocenters. The van der Waals surface area contributed by atoms with Crippen LogP contribution in [-0.2, 0) is 0 Å². The van der Waals surface area contributed by atoms with Crippen LogP contribution in [0.1, 0.15) is 18.2 Å². The number of nitriles is 1. The van der Waals surface area contributed by atoms with Crippen molar-refractivity contribution < 1.29 is 5.11 Å². The predicted molar refractivity (Wildman–Crippen MR) is 56.6 cm³/mol. The Morgan fingerprint density at radius 2 is 2.50 bits per heavy atom. The van der Waals surface area contributed by atoms with E-state index >= 15 is 0 Å². The van der Waals surface area contributed by atoms with Crippen molar-refractivity contribution in [2.45, 2.75) is 19.4 Å². The highest BCUT2D eigenvalue weighted by atomic mass is 35.5. The first kappa shape index (κ1) is 11.2. The molecule has 4 nitrogen and oxygen atoms in total. The Balaban J connectivity index is 2.56. The molecule has 76 valence electrons. The summed E-state index contributed by atoms with van der Waals surface area (Å²) < 4.78 is 0. The summed E-state index contributed by atoms with van der Waals surface area (Å²) in [5.74, 6) is 0. The van der Waals surface area contributed by atoms with Crippen molar-refractivity contribution in [3.63, 3.8) is 0 Å². The summed E-state index contributed by atoms with van der Waals surface area (Å²) in [7, 11) is 0. The minimum Gasteiger partial charge on any atom is -0.391 e. The predicted octanol–water partition coefficient (Wildman–Crippen LogP) is 1.85. The second kappa shape index (κ2) is 5.15. The molecule has 0 aliphatic rings. The van der Waals surface area contributed by atoms with Crippen molar-refractivity contribution >= 4 is 28.1 Å². The maximum absolute atomic E-state index is 9.27. The summed E-state index contributed by atoms with van der Waals surface area (Å²) in [6.07, 6.45) is 0.278. The minimum atomic E-state index is -0.400. The van der Waals surface area contributed by atoms with Crippen LogP contribution in [0.4, 0.5) is 5.13 Å². The fourth-order valence-electron chi connectivity index (χ4n) is 0.796. The first-order chi connectivity index (χ1) is 6.67. The number of hydrogen-bond donors (Lipinski definition) is 2. The molecule has 14 heavy (non-hydrogen) atoms. The molecular weight excluding hydrogens is 222 g/mol. The molecule has 2 N–H and O–H groups in total.